The van der Waals surface area contributed by atoms with Crippen LogP contribution in [0.3, 0.4) is 0 Å². The molecule has 0 bridgehead atoms. The molecule has 1 aliphatic carbocycles. The molecule has 4 aromatic rings. The lowest BCUT2D eigenvalue weighted by Crippen LogP contribution is -2.40. The van der Waals surface area contributed by atoms with E-state index in [1.54, 1.807) is 0 Å². The number of nitrogens with zero attached hydrogens (tertiary/aromatic N) is 4. The van der Waals surface area contributed by atoms with Crippen molar-refractivity contribution < 1.29 is 51.1 Å². The molecule has 1 heterocycles. The van der Waals surface area contributed by atoms with Gasteiger partial charge in [0.2, 0.25) is 5.91 Å². The van der Waals surface area contributed by atoms with E-state index in [0.29, 0.717) is 35.7 Å². The maximum Gasteiger partial charge on any atom is 0.416 e. The van der Waals surface area contributed by atoms with Crippen molar-refractivity contribution in [1.82, 2.24) is 19.4 Å². The third-order valence-electron chi connectivity index (χ3n) is 6.54. The summed E-state index contributed by atoms with van der Waals surface area (Å²) in [5.41, 5.74) is -8.33. The molecule has 11 heteroatoms. The number of rotatable bonds is 13. The number of benzene rings is 3. The van der Waals surface area contributed by atoms with Crippen molar-refractivity contribution >= 4 is 17.7 Å². The Hall–Kier alpha value is -3.96. The third-order valence-corrected chi connectivity index (χ3v) is 7.59. The second-order valence-electron chi connectivity index (χ2n) is 9.89. The van der Waals surface area contributed by atoms with Crippen LogP contribution in [0.15, 0.2) is 82.6 Å². The fourth-order valence-electron chi connectivity index (χ4n) is 4.18. The van der Waals surface area contributed by atoms with Crippen molar-refractivity contribution in [3.05, 3.63) is 117 Å². The number of carbonyl (C=O) groups excluding carboxylic acids is 1. The highest BCUT2D eigenvalue weighted by Crippen LogP contribution is 2.32. The normalized spacial score (nSPS) is 25.5. The molecule has 5 rings (SSSR count). The summed E-state index contributed by atoms with van der Waals surface area (Å²) < 4.78 is 237. The lowest BCUT2D eigenvalue weighted by Gasteiger charge is -2.28. The molecular weight excluding hydrogens is 640 g/mol. The Morgan fingerprint density at radius 1 is 1.02 bits per heavy atom. The van der Waals surface area contributed by atoms with Crippen molar-refractivity contribution in [2.45, 2.75) is 63.7 Å². The zero-order valence-corrected chi connectivity index (χ0v) is 26.3. The minimum absolute atomic E-state index is 0.146. The number of carbonyl (C=O) groups is 1. The first-order chi connectivity index (χ1) is 31.0. The zero-order valence-electron chi connectivity index (χ0n) is 46.5. The predicted molar refractivity (Wildman–Crippen MR) is 181 cm³/mol. The average Bonchev–Trinajstić information content (AvgIpc) is 3.29. The Labute approximate surface area is 312 Å². The van der Waals surface area contributed by atoms with Crippen LogP contribution in [0.1, 0.15) is 77.5 Å². The molecule has 1 aromatic heterocycles. The third kappa shape index (κ3) is 8.73. The van der Waals surface area contributed by atoms with Crippen molar-refractivity contribution in [2.75, 3.05) is 26.0 Å². The van der Waals surface area contributed by atoms with E-state index in [1.807, 2.05) is 0 Å². The molecule has 0 aliphatic heterocycles. The van der Waals surface area contributed by atoms with Gasteiger partial charge in [-0.25, -0.2) is 4.39 Å². The minimum atomic E-state index is -5.43. The number of fused-ring (bicyclic) bond motifs is 1. The maximum absolute atomic E-state index is 15.0. The van der Waals surface area contributed by atoms with E-state index >= 15 is 4.79 Å². The smallest absolute Gasteiger partial charge is 0.336 e. The second-order valence-corrected chi connectivity index (χ2v) is 10.8. The molecule has 0 fully saturated rings. The molecular formula is C37H40F4N4O2S. The summed E-state index contributed by atoms with van der Waals surface area (Å²) >= 11 is 0.588. The van der Waals surface area contributed by atoms with Crippen molar-refractivity contribution in [1.29, 1.82) is 0 Å². The molecule has 0 radical (unpaired) electrons. The van der Waals surface area contributed by atoms with E-state index in [0.717, 1.165) is 19.1 Å². The van der Waals surface area contributed by atoms with Gasteiger partial charge in [-0.05, 0) is 78.1 Å². The highest BCUT2D eigenvalue weighted by molar-refractivity contribution is 7.98. The first kappa shape index (κ1) is 17.1. The summed E-state index contributed by atoms with van der Waals surface area (Å²) in [6.07, 6.45) is -11.8. The number of likely N-dealkylation sites (N-methyl/N-ethyl adjacent to an activating group) is 1. The fraction of sp³-hybridized carbons (Fsp3) is 0.378. The van der Waals surface area contributed by atoms with Crippen molar-refractivity contribution in [3.63, 3.8) is 0 Å². The molecule has 48 heavy (non-hydrogen) atoms. The van der Waals surface area contributed by atoms with Gasteiger partial charge in [0.1, 0.15) is 12.4 Å². The lowest BCUT2D eigenvalue weighted by molar-refractivity contribution is -0.137. The van der Waals surface area contributed by atoms with Crippen LogP contribution < -0.4 is 5.56 Å². The number of hydrogen-bond donors (Lipinski definition) is 0. The highest BCUT2D eigenvalue weighted by Gasteiger charge is 2.30. The van der Waals surface area contributed by atoms with Crippen LogP contribution in [-0.4, -0.2) is 51.2 Å². The molecule has 6 nitrogen and oxygen atoms in total. The van der Waals surface area contributed by atoms with E-state index < -0.39 is 168 Å². The van der Waals surface area contributed by atoms with Gasteiger partial charge < -0.3 is 14.4 Å². The van der Waals surface area contributed by atoms with E-state index in [1.165, 1.54) is 12.1 Å². The number of halogens is 4. The van der Waals surface area contributed by atoms with Gasteiger partial charge in [-0.1, -0.05) is 80.9 Å². The summed E-state index contributed by atoms with van der Waals surface area (Å²) in [4.78, 5) is 32.1. The van der Waals surface area contributed by atoms with Crippen molar-refractivity contribution in [2.24, 2.45) is 5.89 Å². The Morgan fingerprint density at radius 2 is 1.65 bits per heavy atom. The molecule has 1 amide bonds. The molecule has 3 aromatic carbocycles. The van der Waals surface area contributed by atoms with E-state index in [-0.39, 0.29) is 15.6 Å². The average molecular weight is 702 g/mol. The van der Waals surface area contributed by atoms with Gasteiger partial charge in [0, 0.05) is 51.6 Å². The van der Waals surface area contributed by atoms with Crippen LogP contribution in [0, 0.1) is 11.7 Å². The summed E-state index contributed by atoms with van der Waals surface area (Å²) in [6.45, 7) is -15.4. The van der Waals surface area contributed by atoms with Gasteiger partial charge >= 0.3 is 6.18 Å². The number of alkyl halides is 3. The molecule has 0 saturated carbocycles. The van der Waals surface area contributed by atoms with Crippen molar-refractivity contribution in [3.8, 4) is 11.1 Å². The number of thioether (sulfide) groups is 1. The van der Waals surface area contributed by atoms with Gasteiger partial charge in [0.15, 0.2) is 5.16 Å². The van der Waals surface area contributed by atoms with Crippen LogP contribution in [0.4, 0.5) is 17.6 Å². The SMILES string of the molecule is [2H]c1c([2H])c(-c2c([2H])c([2H])c(C(F)(F)F)c([2H])c2[2H])c([2H])c([2H])c1CN(C(=O)Cn1c(SCc2ccc(F)cc2)nc(=O)c2c1C([2H])([2H])C([2H])(C)C2([2H])[2H])C([2H])([2H])C([2H])([2H])N(C([2H])([2H])C)C([2H])([2H])C. The van der Waals surface area contributed by atoms with Crippen LogP contribution in [0.2, 0.25) is 0 Å². The largest absolute Gasteiger partial charge is 0.416 e. The lowest BCUT2D eigenvalue weighted by atomic mass is 10.0. The fourth-order valence-corrected chi connectivity index (χ4v) is 5.13. The summed E-state index contributed by atoms with van der Waals surface area (Å²) in [7, 11) is 0. The summed E-state index contributed by atoms with van der Waals surface area (Å²) in [5.74, 6) is -5.48. The molecule has 1 aliphatic rings. The van der Waals surface area contributed by atoms with Crippen LogP contribution in [0.25, 0.3) is 11.1 Å². The van der Waals surface area contributed by atoms with Gasteiger partial charge in [-0.3, -0.25) is 9.59 Å². The van der Waals surface area contributed by atoms with E-state index in [4.69, 9.17) is 26.0 Å². The van der Waals surface area contributed by atoms with Gasteiger partial charge in [-0.2, -0.15) is 18.2 Å². The van der Waals surface area contributed by atoms with Gasteiger partial charge in [0.25, 0.3) is 5.56 Å². The first-order valence-corrected chi connectivity index (χ1v) is 14.9. The quantitative estimate of drug-likeness (QED) is 0.0823. The maximum atomic E-state index is 15.0. The number of aromatic nitrogens is 2. The second kappa shape index (κ2) is 15.5. The van der Waals surface area contributed by atoms with Crippen LogP contribution in [-0.2, 0) is 42.6 Å². The monoisotopic (exact) mass is 701 g/mol. The Bertz CT molecular complexity index is 2730. The Kier molecular flexibility index (Phi) is 5.53. The number of hydrogen-bond acceptors (Lipinski definition) is 5. The van der Waals surface area contributed by atoms with Gasteiger partial charge in [-0.15, -0.1) is 0 Å². The molecule has 0 saturated heterocycles. The molecule has 254 valence electrons. The van der Waals surface area contributed by atoms with E-state index in [9.17, 15) is 25.1 Å². The zero-order chi connectivity index (χ0) is 53.1. The Balaban J connectivity index is 1.83. The number of amides is 1. The molecule has 1 unspecified atom stereocenters. The predicted octanol–water partition coefficient (Wildman–Crippen LogP) is 7.47. The van der Waals surface area contributed by atoms with Crippen LogP contribution >= 0.6 is 11.8 Å². The van der Waals surface area contributed by atoms with E-state index in [2.05, 4.69) is 4.98 Å². The molecule has 0 N–H and O–H groups in total. The highest BCUT2D eigenvalue weighted by atomic mass is 32.2. The summed E-state index contributed by atoms with van der Waals surface area (Å²) in [6, 6.07) is -6.59. The van der Waals surface area contributed by atoms with Gasteiger partial charge in [0.05, 0.1) is 19.3 Å². The summed E-state index contributed by atoms with van der Waals surface area (Å²) in [5, 5.41) is -0.598. The first-order valence-electron chi connectivity index (χ1n) is 24.4. The van der Waals surface area contributed by atoms with Crippen LogP contribution in [0.5, 0.6) is 0 Å². The minimum Gasteiger partial charge on any atom is -0.336 e. The topological polar surface area (TPSA) is 58.4 Å². The molecule has 1 atom stereocenters. The Morgan fingerprint density at radius 3 is 2.25 bits per heavy atom. The standard InChI is InChI=1S/C37H40F4N4O2S/c1-4-43(5-2)18-19-44(22-26-6-10-28(11-7-26)29-12-14-30(15-13-29)37(39,40)41)34(46)23-45-33-21-25(3)20-32(33)35(47)42-36(45)48-24-27-8-16-31(38)17-9-27/h6-17,25H,4-5,18-24H2,1-3H3/i4D2,5D2,6D,7D,10D,11D,12D,13D,14D,15D,18D2,19D2,20D2,21D2,25D. The molecule has 0 spiro atoms.